The van der Waals surface area contributed by atoms with Crippen molar-refractivity contribution in [3.63, 3.8) is 0 Å². The van der Waals surface area contributed by atoms with Gasteiger partial charge in [0.25, 0.3) is 11.6 Å². The minimum atomic E-state index is -0.532. The van der Waals surface area contributed by atoms with Crippen LogP contribution in [-0.4, -0.2) is 10.8 Å². The molecule has 1 N–H and O–H groups in total. The molecular formula is C20H21ClN2O3. The number of carbonyl (C=O) groups excluding carboxylic acids is 1. The van der Waals surface area contributed by atoms with Crippen molar-refractivity contribution in [1.29, 1.82) is 0 Å². The molecule has 5 nitrogen and oxygen atoms in total. The number of nitro groups is 1. The van der Waals surface area contributed by atoms with Gasteiger partial charge in [-0.15, -0.1) is 0 Å². The fourth-order valence-corrected chi connectivity index (χ4v) is 3.69. The maximum atomic E-state index is 12.6. The molecule has 26 heavy (non-hydrogen) atoms. The molecule has 2 aromatic rings. The summed E-state index contributed by atoms with van der Waals surface area (Å²) in [4.78, 5) is 22.9. The number of amides is 1. The number of aryl methyl sites for hydroxylation is 2. The van der Waals surface area contributed by atoms with Crippen molar-refractivity contribution in [2.45, 2.75) is 45.1 Å². The molecular weight excluding hydrogens is 352 g/mol. The summed E-state index contributed by atoms with van der Waals surface area (Å²) in [5.41, 5.74) is 3.97. The van der Waals surface area contributed by atoms with E-state index in [1.165, 1.54) is 42.2 Å². The van der Waals surface area contributed by atoms with E-state index in [1.54, 1.807) is 0 Å². The predicted molar refractivity (Wildman–Crippen MR) is 102 cm³/mol. The number of carbonyl (C=O) groups is 1. The van der Waals surface area contributed by atoms with Gasteiger partial charge in [0, 0.05) is 12.1 Å². The molecule has 0 spiro atoms. The molecule has 6 heteroatoms. The van der Waals surface area contributed by atoms with Crippen LogP contribution in [-0.2, 0) is 12.8 Å². The molecule has 0 bridgehead atoms. The van der Waals surface area contributed by atoms with Gasteiger partial charge in [-0.1, -0.05) is 36.7 Å². The zero-order chi connectivity index (χ0) is 18.7. The normalized spacial score (nSPS) is 14.4. The van der Waals surface area contributed by atoms with Gasteiger partial charge in [-0.2, -0.15) is 0 Å². The molecule has 0 aliphatic heterocycles. The van der Waals surface area contributed by atoms with Crippen molar-refractivity contribution in [3.05, 3.63) is 73.8 Å². The number of hydrogen-bond donors (Lipinski definition) is 1. The van der Waals surface area contributed by atoms with Crippen LogP contribution in [0.4, 0.5) is 5.69 Å². The Balaban J connectivity index is 1.80. The van der Waals surface area contributed by atoms with Crippen LogP contribution in [0, 0.1) is 10.1 Å². The third-order valence-electron chi connectivity index (χ3n) is 4.90. The zero-order valence-corrected chi connectivity index (χ0v) is 15.4. The zero-order valence-electron chi connectivity index (χ0n) is 14.6. The Morgan fingerprint density at radius 2 is 1.92 bits per heavy atom. The Bertz CT molecular complexity index is 851. The number of fused-ring (bicyclic) bond motifs is 1. The molecule has 1 atom stereocenters. The van der Waals surface area contributed by atoms with E-state index >= 15 is 0 Å². The fourth-order valence-electron chi connectivity index (χ4n) is 3.43. The first-order valence-electron chi connectivity index (χ1n) is 8.86. The largest absolute Gasteiger partial charge is 0.345 e. The van der Waals surface area contributed by atoms with Gasteiger partial charge in [-0.05, 0) is 54.9 Å². The lowest BCUT2D eigenvalue weighted by Gasteiger charge is -2.22. The Kier molecular flexibility index (Phi) is 5.57. The van der Waals surface area contributed by atoms with Crippen molar-refractivity contribution in [3.8, 4) is 0 Å². The third kappa shape index (κ3) is 3.88. The predicted octanol–water partition coefficient (Wildman–Crippen LogP) is 5.01. The summed E-state index contributed by atoms with van der Waals surface area (Å²) in [5, 5.41) is 13.9. The van der Waals surface area contributed by atoms with Gasteiger partial charge < -0.3 is 5.32 Å². The number of nitrogens with zero attached hydrogens (tertiary/aromatic N) is 1. The lowest BCUT2D eigenvalue weighted by atomic mass is 9.88. The highest BCUT2D eigenvalue weighted by Crippen LogP contribution is 2.27. The van der Waals surface area contributed by atoms with Crippen molar-refractivity contribution in [2.75, 3.05) is 0 Å². The Morgan fingerprint density at radius 1 is 1.19 bits per heavy atom. The Morgan fingerprint density at radius 3 is 2.58 bits per heavy atom. The highest BCUT2D eigenvalue weighted by molar-refractivity contribution is 6.34. The minimum absolute atomic E-state index is 0.0806. The van der Waals surface area contributed by atoms with Crippen LogP contribution in [0.15, 0.2) is 36.4 Å². The number of nitrogens with one attached hydrogen (secondary N) is 1. The molecule has 0 saturated carbocycles. The highest BCUT2D eigenvalue weighted by Gasteiger charge is 2.20. The van der Waals surface area contributed by atoms with E-state index in [0.29, 0.717) is 0 Å². The van der Waals surface area contributed by atoms with Crippen LogP contribution in [0.2, 0.25) is 5.02 Å². The minimum Gasteiger partial charge on any atom is -0.345 e. The summed E-state index contributed by atoms with van der Waals surface area (Å²) >= 11 is 6.07. The van der Waals surface area contributed by atoms with Gasteiger partial charge in [0.15, 0.2) is 0 Å². The quantitative estimate of drug-likeness (QED) is 0.592. The molecule has 0 heterocycles. The van der Waals surface area contributed by atoms with Crippen LogP contribution in [0.1, 0.15) is 59.3 Å². The summed E-state index contributed by atoms with van der Waals surface area (Å²) in [5.74, 6) is -0.325. The average molecular weight is 373 g/mol. The third-order valence-corrected chi connectivity index (χ3v) is 5.21. The summed E-state index contributed by atoms with van der Waals surface area (Å²) in [6.45, 7) is 2.02. The van der Waals surface area contributed by atoms with Gasteiger partial charge in [0.1, 0.15) is 0 Å². The summed E-state index contributed by atoms with van der Waals surface area (Å²) in [6, 6.07) is 10.2. The molecule has 3 rings (SSSR count). The molecule has 0 fully saturated rings. The van der Waals surface area contributed by atoms with Crippen LogP contribution in [0.25, 0.3) is 0 Å². The molecule has 136 valence electrons. The van der Waals surface area contributed by atoms with Crippen molar-refractivity contribution in [1.82, 2.24) is 5.32 Å². The van der Waals surface area contributed by atoms with Gasteiger partial charge in [-0.25, -0.2) is 0 Å². The van der Waals surface area contributed by atoms with Crippen LogP contribution < -0.4 is 5.32 Å². The lowest BCUT2D eigenvalue weighted by Crippen LogP contribution is -2.28. The summed E-state index contributed by atoms with van der Waals surface area (Å²) < 4.78 is 0. The Hall–Kier alpha value is -2.40. The van der Waals surface area contributed by atoms with Crippen molar-refractivity contribution in [2.24, 2.45) is 0 Å². The smallest absolute Gasteiger partial charge is 0.270 e. The molecule has 0 aromatic heterocycles. The second-order valence-corrected chi connectivity index (χ2v) is 7.00. The first-order valence-corrected chi connectivity index (χ1v) is 9.24. The SMILES string of the molecule is CCC(NC(=O)c1ccc([N+](=O)[O-])cc1Cl)c1ccc2c(c1)CCCC2. The van der Waals surface area contributed by atoms with Crippen LogP contribution in [0.3, 0.4) is 0 Å². The number of rotatable bonds is 5. The monoisotopic (exact) mass is 372 g/mol. The first kappa shape index (κ1) is 18.4. The summed E-state index contributed by atoms with van der Waals surface area (Å²) in [7, 11) is 0. The van der Waals surface area contributed by atoms with Gasteiger partial charge in [-0.3, -0.25) is 14.9 Å². The number of nitro benzene ring substituents is 1. The first-order chi connectivity index (χ1) is 12.5. The van der Waals surface area contributed by atoms with Crippen molar-refractivity contribution >= 4 is 23.2 Å². The number of halogens is 1. The molecule has 1 aliphatic rings. The van der Waals surface area contributed by atoms with E-state index in [2.05, 4.69) is 23.5 Å². The second-order valence-electron chi connectivity index (χ2n) is 6.59. The van der Waals surface area contributed by atoms with Crippen LogP contribution >= 0.6 is 11.6 Å². The number of non-ortho nitro benzene ring substituents is 1. The molecule has 2 aromatic carbocycles. The topological polar surface area (TPSA) is 72.2 Å². The van der Waals surface area contributed by atoms with Crippen molar-refractivity contribution < 1.29 is 9.72 Å². The number of hydrogen-bond acceptors (Lipinski definition) is 3. The second kappa shape index (κ2) is 7.87. The maximum Gasteiger partial charge on any atom is 0.270 e. The van der Waals surface area contributed by atoms with E-state index < -0.39 is 4.92 Å². The fraction of sp³-hybridized carbons (Fsp3) is 0.350. The van der Waals surface area contributed by atoms with E-state index in [1.807, 2.05) is 6.92 Å². The highest BCUT2D eigenvalue weighted by atomic mass is 35.5. The van der Waals surface area contributed by atoms with E-state index in [4.69, 9.17) is 11.6 Å². The molecule has 1 amide bonds. The standard InChI is InChI=1S/C20H21ClN2O3/c1-2-19(15-8-7-13-5-3-4-6-14(13)11-15)22-20(24)17-10-9-16(23(25)26)12-18(17)21/h7-12,19H,2-6H2,1H3,(H,22,24). The molecule has 0 saturated heterocycles. The van der Waals surface area contributed by atoms with E-state index in [-0.39, 0.29) is 28.2 Å². The maximum absolute atomic E-state index is 12.6. The van der Waals surface area contributed by atoms with Crippen LogP contribution in [0.5, 0.6) is 0 Å². The summed E-state index contributed by atoms with van der Waals surface area (Å²) in [6.07, 6.45) is 5.39. The lowest BCUT2D eigenvalue weighted by molar-refractivity contribution is -0.384. The molecule has 1 unspecified atom stereocenters. The van der Waals surface area contributed by atoms with E-state index in [9.17, 15) is 14.9 Å². The van der Waals surface area contributed by atoms with Gasteiger partial charge in [0.05, 0.1) is 21.6 Å². The van der Waals surface area contributed by atoms with Gasteiger partial charge in [0.2, 0.25) is 0 Å². The van der Waals surface area contributed by atoms with E-state index in [0.717, 1.165) is 24.8 Å². The van der Waals surface area contributed by atoms with Gasteiger partial charge >= 0.3 is 0 Å². The molecule has 0 radical (unpaired) electrons. The molecule has 1 aliphatic carbocycles. The average Bonchev–Trinajstić information content (AvgIpc) is 2.65. The number of benzene rings is 2. The Labute approximate surface area is 157 Å².